The summed E-state index contributed by atoms with van der Waals surface area (Å²) in [5, 5.41) is 13.6. The van der Waals surface area contributed by atoms with Crippen LogP contribution in [0.1, 0.15) is 12.5 Å². The summed E-state index contributed by atoms with van der Waals surface area (Å²) >= 11 is 1.28. The van der Waals surface area contributed by atoms with E-state index in [1.54, 1.807) is 14.2 Å². The number of para-hydroxylation sites is 1. The molecular weight excluding hydrogens is 462 g/mol. The number of ether oxygens (including phenoxy) is 2. The fourth-order valence-corrected chi connectivity index (χ4v) is 4.13. The molecule has 35 heavy (non-hydrogen) atoms. The molecule has 0 aliphatic carbocycles. The smallest absolute Gasteiger partial charge is 0.250 e. The summed E-state index contributed by atoms with van der Waals surface area (Å²) in [6.07, 6.45) is 0. The van der Waals surface area contributed by atoms with Gasteiger partial charge in [0.15, 0.2) is 22.5 Å². The molecule has 9 heteroatoms. The number of hydrogen-bond acceptors (Lipinski definition) is 7. The van der Waals surface area contributed by atoms with E-state index in [1.807, 2.05) is 90.4 Å². The Hall–Kier alpha value is -4.11. The summed E-state index contributed by atoms with van der Waals surface area (Å²) in [6.45, 7) is 1.85. The summed E-state index contributed by atoms with van der Waals surface area (Å²) in [6, 6.07) is 25.0. The first-order valence-electron chi connectivity index (χ1n) is 10.8. The maximum atomic E-state index is 12.5. The third-order valence-corrected chi connectivity index (χ3v) is 6.09. The fraction of sp³-hybridized carbons (Fsp3) is 0.154. The molecule has 0 bridgehead atoms. The van der Waals surface area contributed by atoms with Crippen LogP contribution >= 0.6 is 11.8 Å². The first-order chi connectivity index (χ1) is 17.1. The van der Waals surface area contributed by atoms with Crippen molar-refractivity contribution in [2.45, 2.75) is 12.1 Å². The molecule has 0 aliphatic heterocycles. The minimum absolute atomic E-state index is 0.127. The van der Waals surface area contributed by atoms with Gasteiger partial charge in [-0.2, -0.15) is 5.10 Å². The summed E-state index contributed by atoms with van der Waals surface area (Å²) in [4.78, 5) is 12.5. The van der Waals surface area contributed by atoms with Gasteiger partial charge in [0.25, 0.3) is 5.91 Å². The monoisotopic (exact) mass is 487 g/mol. The first-order valence-corrected chi connectivity index (χ1v) is 11.8. The lowest BCUT2D eigenvalue weighted by molar-refractivity contribution is -0.118. The van der Waals surface area contributed by atoms with Crippen molar-refractivity contribution in [2.24, 2.45) is 5.10 Å². The van der Waals surface area contributed by atoms with Gasteiger partial charge in [0.2, 0.25) is 0 Å². The molecule has 0 aliphatic rings. The number of aromatic nitrogens is 3. The second-order valence-corrected chi connectivity index (χ2v) is 8.38. The molecule has 1 aromatic heterocycles. The summed E-state index contributed by atoms with van der Waals surface area (Å²) in [5.41, 5.74) is 5.98. The molecule has 0 saturated carbocycles. The van der Waals surface area contributed by atoms with E-state index in [0.717, 1.165) is 22.5 Å². The van der Waals surface area contributed by atoms with Crippen LogP contribution in [-0.2, 0) is 4.79 Å². The second-order valence-electron chi connectivity index (χ2n) is 7.43. The number of nitrogens with zero attached hydrogens (tertiary/aromatic N) is 4. The third-order valence-electron chi connectivity index (χ3n) is 5.16. The Morgan fingerprint density at radius 2 is 1.63 bits per heavy atom. The SMILES string of the molecule is COc1ccc(-c2nnc(SCC(=O)N/N=C(\C)c3ccccc3)n2-c2ccccc2)cc1OC. The third kappa shape index (κ3) is 5.70. The lowest BCUT2D eigenvalue weighted by atomic mass is 10.1. The fourth-order valence-electron chi connectivity index (χ4n) is 3.39. The van der Waals surface area contributed by atoms with Gasteiger partial charge in [-0.05, 0) is 42.8 Å². The van der Waals surface area contributed by atoms with Gasteiger partial charge in [0.1, 0.15) is 0 Å². The molecule has 3 aromatic carbocycles. The number of rotatable bonds is 9. The summed E-state index contributed by atoms with van der Waals surface area (Å²) in [7, 11) is 3.18. The predicted molar refractivity (Wildman–Crippen MR) is 137 cm³/mol. The van der Waals surface area contributed by atoms with Gasteiger partial charge in [-0.15, -0.1) is 10.2 Å². The number of carbonyl (C=O) groups is 1. The molecule has 4 aromatic rings. The lowest BCUT2D eigenvalue weighted by Gasteiger charge is -2.12. The predicted octanol–water partition coefficient (Wildman–Crippen LogP) is 4.58. The maximum Gasteiger partial charge on any atom is 0.250 e. The zero-order chi connectivity index (χ0) is 24.6. The van der Waals surface area contributed by atoms with E-state index < -0.39 is 0 Å². The van der Waals surface area contributed by atoms with E-state index in [9.17, 15) is 4.79 Å². The van der Waals surface area contributed by atoms with E-state index in [0.29, 0.717) is 22.5 Å². The van der Waals surface area contributed by atoms with Crippen molar-refractivity contribution in [1.29, 1.82) is 0 Å². The van der Waals surface area contributed by atoms with Crippen LogP contribution in [0.15, 0.2) is 89.1 Å². The largest absolute Gasteiger partial charge is 0.493 e. The molecule has 0 spiro atoms. The normalized spacial score (nSPS) is 11.2. The van der Waals surface area contributed by atoms with Gasteiger partial charge >= 0.3 is 0 Å². The molecule has 0 fully saturated rings. The van der Waals surface area contributed by atoms with Gasteiger partial charge in [0.05, 0.1) is 25.7 Å². The summed E-state index contributed by atoms with van der Waals surface area (Å²) < 4.78 is 12.7. The maximum absolute atomic E-state index is 12.5. The average molecular weight is 488 g/mol. The minimum Gasteiger partial charge on any atom is -0.493 e. The van der Waals surface area contributed by atoms with Crippen molar-refractivity contribution in [1.82, 2.24) is 20.2 Å². The molecule has 0 radical (unpaired) electrons. The number of carbonyl (C=O) groups excluding carboxylic acids is 1. The van der Waals surface area contributed by atoms with Gasteiger partial charge in [-0.1, -0.05) is 60.3 Å². The van der Waals surface area contributed by atoms with E-state index >= 15 is 0 Å². The molecule has 0 atom stereocenters. The Balaban J connectivity index is 1.57. The highest BCUT2D eigenvalue weighted by atomic mass is 32.2. The Kier molecular flexibility index (Phi) is 7.79. The van der Waals surface area contributed by atoms with Crippen molar-refractivity contribution in [3.05, 3.63) is 84.4 Å². The van der Waals surface area contributed by atoms with Crippen molar-refractivity contribution < 1.29 is 14.3 Å². The number of amides is 1. The van der Waals surface area contributed by atoms with Gasteiger partial charge in [0, 0.05) is 11.3 Å². The standard InChI is InChI=1S/C26H25N5O3S/c1-18(19-10-6-4-7-11-19)27-28-24(32)17-35-26-30-29-25(31(26)21-12-8-5-9-13-21)20-14-15-22(33-2)23(16-20)34-3/h4-16H,17H2,1-3H3,(H,28,32)/b27-18+. The van der Waals surface area contributed by atoms with E-state index in [2.05, 4.69) is 20.7 Å². The first kappa shape index (κ1) is 24.0. The Labute approximate surface area is 208 Å². The van der Waals surface area contributed by atoms with Gasteiger partial charge in [-0.25, -0.2) is 5.43 Å². The van der Waals surface area contributed by atoms with Crippen molar-refractivity contribution >= 4 is 23.4 Å². The zero-order valence-corrected chi connectivity index (χ0v) is 20.5. The molecule has 1 N–H and O–H groups in total. The van der Waals surface area contributed by atoms with Crippen molar-refractivity contribution in [3.8, 4) is 28.6 Å². The molecule has 1 heterocycles. The number of benzene rings is 3. The molecular formula is C26H25N5O3S. The van der Waals surface area contributed by atoms with Crippen LogP contribution in [0.3, 0.4) is 0 Å². The van der Waals surface area contributed by atoms with Gasteiger partial charge in [-0.3, -0.25) is 9.36 Å². The highest BCUT2D eigenvalue weighted by Gasteiger charge is 2.18. The second kappa shape index (κ2) is 11.3. The van der Waals surface area contributed by atoms with E-state index in [1.165, 1.54) is 11.8 Å². The molecule has 8 nitrogen and oxygen atoms in total. The minimum atomic E-state index is -0.236. The molecule has 178 valence electrons. The van der Waals surface area contributed by atoms with Crippen LogP contribution in [-0.4, -0.2) is 46.4 Å². The summed E-state index contributed by atoms with van der Waals surface area (Å²) in [5.74, 6) is 1.73. The Morgan fingerprint density at radius 3 is 2.31 bits per heavy atom. The van der Waals surface area contributed by atoms with Crippen LogP contribution < -0.4 is 14.9 Å². The lowest BCUT2D eigenvalue weighted by Crippen LogP contribution is -2.21. The number of thioether (sulfide) groups is 1. The van der Waals surface area contributed by atoms with Crippen molar-refractivity contribution in [2.75, 3.05) is 20.0 Å². The number of hydrogen-bond donors (Lipinski definition) is 1. The van der Waals surface area contributed by atoms with E-state index in [-0.39, 0.29) is 11.7 Å². The molecule has 1 amide bonds. The quantitative estimate of drug-likeness (QED) is 0.211. The average Bonchev–Trinajstić information content (AvgIpc) is 3.35. The highest BCUT2D eigenvalue weighted by molar-refractivity contribution is 7.99. The number of nitrogens with one attached hydrogen (secondary N) is 1. The van der Waals surface area contributed by atoms with Crippen LogP contribution in [0.5, 0.6) is 11.5 Å². The highest BCUT2D eigenvalue weighted by Crippen LogP contribution is 2.34. The van der Waals surface area contributed by atoms with Gasteiger partial charge < -0.3 is 9.47 Å². The number of hydrazone groups is 1. The zero-order valence-electron chi connectivity index (χ0n) is 19.6. The van der Waals surface area contributed by atoms with Crippen LogP contribution in [0.25, 0.3) is 17.1 Å². The molecule has 4 rings (SSSR count). The van der Waals surface area contributed by atoms with Crippen molar-refractivity contribution in [3.63, 3.8) is 0 Å². The van der Waals surface area contributed by atoms with Crippen LogP contribution in [0.4, 0.5) is 0 Å². The van der Waals surface area contributed by atoms with E-state index in [4.69, 9.17) is 9.47 Å². The topological polar surface area (TPSA) is 90.6 Å². The Morgan fingerprint density at radius 1 is 0.943 bits per heavy atom. The molecule has 0 saturated heterocycles. The van der Waals surface area contributed by atoms with Crippen LogP contribution in [0.2, 0.25) is 0 Å². The van der Waals surface area contributed by atoms with Crippen LogP contribution in [0, 0.1) is 0 Å². The Bertz CT molecular complexity index is 1320. The molecule has 0 unspecified atom stereocenters. The number of methoxy groups -OCH3 is 2.